The predicted octanol–water partition coefficient (Wildman–Crippen LogP) is 2.97. The molecular formula is C13H10N6O4S. The van der Waals surface area contributed by atoms with Crippen LogP contribution in [0.25, 0.3) is 4.96 Å². The fourth-order valence-electron chi connectivity index (χ4n) is 2.11. The summed E-state index contributed by atoms with van der Waals surface area (Å²) in [5.41, 5.74) is 3.34. The number of nitrogens with zero attached hydrogens (tertiary/aromatic N) is 5. The molecule has 24 heavy (non-hydrogen) atoms. The molecule has 0 saturated heterocycles. The fourth-order valence-corrected chi connectivity index (χ4v) is 2.88. The van der Waals surface area contributed by atoms with E-state index in [2.05, 4.69) is 15.5 Å². The Morgan fingerprint density at radius 1 is 1.33 bits per heavy atom. The van der Waals surface area contributed by atoms with E-state index >= 15 is 0 Å². The summed E-state index contributed by atoms with van der Waals surface area (Å²) >= 11 is 1.48. The molecule has 1 N–H and O–H groups in total. The van der Waals surface area contributed by atoms with Crippen LogP contribution in [0.4, 0.5) is 17.1 Å². The monoisotopic (exact) mass is 346 g/mol. The van der Waals surface area contributed by atoms with E-state index in [1.54, 1.807) is 0 Å². The molecule has 0 aliphatic carbocycles. The van der Waals surface area contributed by atoms with Gasteiger partial charge in [0.15, 0.2) is 4.96 Å². The number of imidazole rings is 1. The van der Waals surface area contributed by atoms with Crippen molar-refractivity contribution >= 4 is 39.6 Å². The number of nitro groups is 2. The number of hydrogen-bond acceptors (Lipinski definition) is 8. The summed E-state index contributed by atoms with van der Waals surface area (Å²) in [4.78, 5) is 25.6. The van der Waals surface area contributed by atoms with E-state index in [9.17, 15) is 20.2 Å². The van der Waals surface area contributed by atoms with E-state index < -0.39 is 15.5 Å². The van der Waals surface area contributed by atoms with Crippen molar-refractivity contribution in [2.45, 2.75) is 6.92 Å². The maximum Gasteiger partial charge on any atom is 0.301 e. The molecule has 3 aromatic rings. The Morgan fingerprint density at radius 2 is 2.12 bits per heavy atom. The summed E-state index contributed by atoms with van der Waals surface area (Å²) in [5, 5.41) is 27.6. The standard InChI is InChI=1S/C13H10N6O4S/c1-8-12(17-4-5-24-13(17)15-8)7-14-16-10-3-2-9(18(20)21)6-11(10)19(22)23/h2-7,16H,1H3/b14-7+. The lowest BCUT2D eigenvalue weighted by molar-refractivity contribution is -0.393. The number of benzene rings is 1. The van der Waals surface area contributed by atoms with Gasteiger partial charge in [-0.15, -0.1) is 11.3 Å². The molecule has 0 bridgehead atoms. The lowest BCUT2D eigenvalue weighted by Gasteiger charge is -2.02. The summed E-state index contributed by atoms with van der Waals surface area (Å²) < 4.78 is 1.84. The Morgan fingerprint density at radius 3 is 2.83 bits per heavy atom. The third-order valence-electron chi connectivity index (χ3n) is 3.24. The number of aromatic nitrogens is 2. The first-order chi connectivity index (χ1) is 11.5. The summed E-state index contributed by atoms with van der Waals surface area (Å²) in [6.45, 7) is 1.83. The Balaban J connectivity index is 1.88. The molecule has 0 atom stereocenters. The average molecular weight is 346 g/mol. The molecule has 0 radical (unpaired) electrons. The van der Waals surface area contributed by atoms with Crippen molar-refractivity contribution in [3.63, 3.8) is 0 Å². The Hall–Kier alpha value is -3.34. The highest BCUT2D eigenvalue weighted by Gasteiger charge is 2.19. The second kappa shape index (κ2) is 6.04. The Labute approximate surface area is 138 Å². The quantitative estimate of drug-likeness (QED) is 0.429. The van der Waals surface area contributed by atoms with Crippen LogP contribution in [-0.2, 0) is 0 Å². The van der Waals surface area contributed by atoms with Crippen LogP contribution < -0.4 is 5.43 Å². The fraction of sp³-hybridized carbons (Fsp3) is 0.0769. The zero-order chi connectivity index (χ0) is 17.3. The highest BCUT2D eigenvalue weighted by Crippen LogP contribution is 2.28. The Bertz CT molecular complexity index is 976. The maximum atomic E-state index is 11.1. The molecule has 0 unspecified atom stereocenters. The van der Waals surface area contributed by atoms with Crippen molar-refractivity contribution in [2.24, 2.45) is 5.10 Å². The number of non-ortho nitro benzene ring substituents is 1. The maximum absolute atomic E-state index is 11.1. The molecule has 0 amide bonds. The molecular weight excluding hydrogens is 336 g/mol. The minimum Gasteiger partial charge on any atom is -0.289 e. The lowest BCUT2D eigenvalue weighted by Crippen LogP contribution is -1.99. The average Bonchev–Trinajstić information content (AvgIpc) is 3.09. The normalized spacial score (nSPS) is 11.2. The molecule has 10 nitrogen and oxygen atoms in total. The summed E-state index contributed by atoms with van der Waals surface area (Å²) in [6.07, 6.45) is 3.34. The number of thiazole rings is 1. The molecule has 0 aliphatic rings. The molecule has 0 fully saturated rings. The van der Waals surface area contributed by atoms with E-state index in [0.717, 1.165) is 22.4 Å². The SMILES string of the molecule is Cc1nc2sccn2c1/C=N/Nc1ccc([N+](=O)[O-])cc1[N+](=O)[O-]. The van der Waals surface area contributed by atoms with Gasteiger partial charge in [0.1, 0.15) is 5.69 Å². The number of nitrogens with one attached hydrogen (secondary N) is 1. The molecule has 0 saturated carbocycles. The van der Waals surface area contributed by atoms with Gasteiger partial charge >= 0.3 is 5.69 Å². The highest BCUT2D eigenvalue weighted by molar-refractivity contribution is 7.15. The van der Waals surface area contributed by atoms with Gasteiger partial charge < -0.3 is 0 Å². The van der Waals surface area contributed by atoms with Gasteiger partial charge in [-0.3, -0.25) is 30.1 Å². The van der Waals surface area contributed by atoms with Crippen molar-refractivity contribution < 1.29 is 9.85 Å². The lowest BCUT2D eigenvalue weighted by atomic mass is 10.2. The van der Waals surface area contributed by atoms with Crippen LogP contribution >= 0.6 is 11.3 Å². The van der Waals surface area contributed by atoms with Crippen molar-refractivity contribution in [3.05, 3.63) is 61.4 Å². The van der Waals surface area contributed by atoms with Gasteiger partial charge in [-0.1, -0.05) is 0 Å². The largest absolute Gasteiger partial charge is 0.301 e. The first-order valence-electron chi connectivity index (χ1n) is 6.61. The number of fused-ring (bicyclic) bond motifs is 1. The van der Waals surface area contributed by atoms with E-state index in [-0.39, 0.29) is 11.4 Å². The molecule has 3 rings (SSSR count). The van der Waals surface area contributed by atoms with Crippen molar-refractivity contribution in [2.75, 3.05) is 5.43 Å². The van der Waals surface area contributed by atoms with Crippen LogP contribution in [0.5, 0.6) is 0 Å². The van der Waals surface area contributed by atoms with Crippen LogP contribution in [0.3, 0.4) is 0 Å². The molecule has 2 aromatic heterocycles. The van der Waals surface area contributed by atoms with E-state index in [1.165, 1.54) is 29.7 Å². The molecule has 122 valence electrons. The van der Waals surface area contributed by atoms with Crippen molar-refractivity contribution in [3.8, 4) is 0 Å². The number of hydrogen-bond donors (Lipinski definition) is 1. The van der Waals surface area contributed by atoms with E-state index in [4.69, 9.17) is 0 Å². The van der Waals surface area contributed by atoms with E-state index in [0.29, 0.717) is 0 Å². The van der Waals surface area contributed by atoms with Gasteiger partial charge in [-0.2, -0.15) is 5.10 Å². The van der Waals surface area contributed by atoms with Gasteiger partial charge in [0.25, 0.3) is 5.69 Å². The van der Waals surface area contributed by atoms with Crippen LogP contribution in [0, 0.1) is 27.2 Å². The van der Waals surface area contributed by atoms with Gasteiger partial charge in [0.2, 0.25) is 0 Å². The summed E-state index contributed by atoms with van der Waals surface area (Å²) in [7, 11) is 0. The van der Waals surface area contributed by atoms with E-state index in [1.807, 2.05) is 22.9 Å². The Kier molecular flexibility index (Phi) is 3.92. The second-order valence-corrected chi connectivity index (χ2v) is 5.60. The minimum absolute atomic E-state index is 0.0607. The number of rotatable bonds is 5. The first kappa shape index (κ1) is 15.6. The molecule has 0 spiro atoms. The van der Waals surface area contributed by atoms with Crippen molar-refractivity contribution in [1.29, 1.82) is 0 Å². The summed E-state index contributed by atoms with van der Waals surface area (Å²) in [6, 6.07) is 3.31. The smallest absolute Gasteiger partial charge is 0.289 e. The first-order valence-corrected chi connectivity index (χ1v) is 7.49. The van der Waals surface area contributed by atoms with Crippen LogP contribution in [0.1, 0.15) is 11.4 Å². The van der Waals surface area contributed by atoms with Crippen LogP contribution in [0.2, 0.25) is 0 Å². The third-order valence-corrected chi connectivity index (χ3v) is 4.00. The highest BCUT2D eigenvalue weighted by atomic mass is 32.1. The van der Waals surface area contributed by atoms with Crippen molar-refractivity contribution in [1.82, 2.24) is 9.38 Å². The van der Waals surface area contributed by atoms with Gasteiger partial charge in [-0.25, -0.2) is 4.98 Å². The predicted molar refractivity (Wildman–Crippen MR) is 88.8 cm³/mol. The minimum atomic E-state index is -0.702. The van der Waals surface area contributed by atoms with Gasteiger partial charge in [0.05, 0.1) is 33.5 Å². The second-order valence-electron chi connectivity index (χ2n) is 4.72. The van der Waals surface area contributed by atoms with Crippen LogP contribution in [-0.4, -0.2) is 25.4 Å². The van der Waals surface area contributed by atoms with Crippen LogP contribution in [0.15, 0.2) is 34.9 Å². The van der Waals surface area contributed by atoms with Gasteiger partial charge in [0, 0.05) is 17.6 Å². The zero-order valence-electron chi connectivity index (χ0n) is 12.2. The number of nitro benzene ring substituents is 2. The zero-order valence-corrected chi connectivity index (χ0v) is 13.1. The van der Waals surface area contributed by atoms with Gasteiger partial charge in [-0.05, 0) is 13.0 Å². The third kappa shape index (κ3) is 2.79. The molecule has 2 heterocycles. The molecule has 0 aliphatic heterocycles. The summed E-state index contributed by atoms with van der Waals surface area (Å²) in [5.74, 6) is 0. The molecule has 11 heteroatoms. The topological polar surface area (TPSA) is 128 Å². The number of aryl methyl sites for hydroxylation is 1. The number of hydrazone groups is 1. The number of anilines is 1. The molecule has 1 aromatic carbocycles.